The molecule has 0 spiro atoms. The number of nitrogens with zero attached hydrogens (tertiary/aromatic N) is 2. The van der Waals surface area contributed by atoms with E-state index in [1.54, 1.807) is 48.8 Å². The number of amides is 1. The van der Waals surface area contributed by atoms with Gasteiger partial charge in [0.15, 0.2) is 11.7 Å². The number of carbonyl (C=O) groups is 1. The number of nitrogens with one attached hydrogen (secondary N) is 1. The van der Waals surface area contributed by atoms with Crippen molar-refractivity contribution in [3.8, 4) is 23.0 Å². The third-order valence-electron chi connectivity index (χ3n) is 4.23. The van der Waals surface area contributed by atoms with E-state index < -0.39 is 0 Å². The van der Waals surface area contributed by atoms with E-state index in [1.165, 1.54) is 0 Å². The Morgan fingerprint density at radius 3 is 2.50 bits per heavy atom. The Balaban J connectivity index is 1.28. The topological polar surface area (TPSA) is 77.2 Å². The quantitative estimate of drug-likeness (QED) is 0.412. The molecule has 30 heavy (non-hydrogen) atoms. The molecule has 0 saturated heterocycles. The molecule has 2 aromatic carbocycles. The lowest BCUT2D eigenvalue weighted by molar-refractivity contribution is -0.116. The van der Waals surface area contributed by atoms with Crippen molar-refractivity contribution in [3.63, 3.8) is 0 Å². The standard InChI is InChI=1S/C23H18ClN3O3/c24-17-6-9-19(10-7-17)29-22-12-8-18(14-25-22)27-21(28)11-13-23-26-15-20(30-23)16-4-2-1-3-5-16/h1-10,12,14-15H,11,13H2,(H,27,28). The van der Waals surface area contributed by atoms with E-state index >= 15 is 0 Å². The molecule has 1 N–H and O–H groups in total. The van der Waals surface area contributed by atoms with Gasteiger partial charge < -0.3 is 14.5 Å². The number of rotatable bonds is 7. The molecule has 2 aromatic heterocycles. The first-order valence-corrected chi connectivity index (χ1v) is 9.73. The normalized spacial score (nSPS) is 10.6. The predicted octanol–water partition coefficient (Wildman–Crippen LogP) is 5.75. The molecule has 0 aliphatic carbocycles. The molecule has 4 rings (SSSR count). The summed E-state index contributed by atoms with van der Waals surface area (Å²) in [7, 11) is 0. The molecule has 2 heterocycles. The molecular weight excluding hydrogens is 402 g/mol. The Kier molecular flexibility index (Phi) is 6.06. The zero-order chi connectivity index (χ0) is 20.8. The number of hydrogen-bond donors (Lipinski definition) is 1. The monoisotopic (exact) mass is 419 g/mol. The Morgan fingerprint density at radius 1 is 0.967 bits per heavy atom. The Bertz CT molecular complexity index is 1110. The van der Waals surface area contributed by atoms with Crippen LogP contribution in [0.15, 0.2) is 83.5 Å². The number of oxazole rings is 1. The minimum absolute atomic E-state index is 0.150. The highest BCUT2D eigenvalue weighted by atomic mass is 35.5. The van der Waals surface area contributed by atoms with E-state index in [-0.39, 0.29) is 12.3 Å². The molecule has 0 saturated carbocycles. The van der Waals surface area contributed by atoms with Crippen molar-refractivity contribution in [2.75, 3.05) is 5.32 Å². The summed E-state index contributed by atoms with van der Waals surface area (Å²) in [6, 6.07) is 20.1. The van der Waals surface area contributed by atoms with Crippen LogP contribution in [0, 0.1) is 0 Å². The fourth-order valence-electron chi connectivity index (χ4n) is 2.74. The number of halogens is 1. The highest BCUT2D eigenvalue weighted by Gasteiger charge is 2.09. The number of anilines is 1. The molecule has 0 aliphatic heterocycles. The molecule has 0 atom stereocenters. The molecule has 0 aliphatic rings. The van der Waals surface area contributed by atoms with Crippen molar-refractivity contribution in [1.29, 1.82) is 0 Å². The SMILES string of the molecule is O=C(CCc1ncc(-c2ccccc2)o1)Nc1ccc(Oc2ccc(Cl)cc2)nc1. The van der Waals surface area contributed by atoms with Crippen molar-refractivity contribution in [3.05, 3.63) is 90.0 Å². The number of aromatic nitrogens is 2. The zero-order valence-electron chi connectivity index (χ0n) is 15.9. The molecule has 150 valence electrons. The lowest BCUT2D eigenvalue weighted by Gasteiger charge is -2.07. The second kappa shape index (κ2) is 9.24. The van der Waals surface area contributed by atoms with Crippen LogP contribution in [0.1, 0.15) is 12.3 Å². The van der Waals surface area contributed by atoms with Crippen molar-refractivity contribution in [2.45, 2.75) is 12.8 Å². The molecule has 6 nitrogen and oxygen atoms in total. The van der Waals surface area contributed by atoms with Crippen molar-refractivity contribution in [1.82, 2.24) is 9.97 Å². The third kappa shape index (κ3) is 5.24. The van der Waals surface area contributed by atoms with E-state index in [1.807, 2.05) is 30.3 Å². The molecule has 1 amide bonds. The van der Waals surface area contributed by atoms with Gasteiger partial charge in [0, 0.05) is 29.5 Å². The molecular formula is C23H18ClN3O3. The average molecular weight is 420 g/mol. The summed E-state index contributed by atoms with van der Waals surface area (Å²) in [5.74, 6) is 2.11. The first-order chi connectivity index (χ1) is 14.7. The van der Waals surface area contributed by atoms with Crippen LogP contribution < -0.4 is 10.1 Å². The van der Waals surface area contributed by atoms with Gasteiger partial charge in [-0.2, -0.15) is 0 Å². The largest absolute Gasteiger partial charge is 0.441 e. The van der Waals surface area contributed by atoms with Crippen LogP contribution in [0.25, 0.3) is 11.3 Å². The van der Waals surface area contributed by atoms with Crippen LogP contribution in [0.5, 0.6) is 11.6 Å². The van der Waals surface area contributed by atoms with Gasteiger partial charge in [-0.05, 0) is 30.3 Å². The van der Waals surface area contributed by atoms with Gasteiger partial charge in [-0.25, -0.2) is 9.97 Å². The van der Waals surface area contributed by atoms with Gasteiger partial charge >= 0.3 is 0 Å². The summed E-state index contributed by atoms with van der Waals surface area (Å²) in [5.41, 5.74) is 1.54. The summed E-state index contributed by atoms with van der Waals surface area (Å²) < 4.78 is 11.4. The second-order valence-corrected chi connectivity index (χ2v) is 6.91. The van der Waals surface area contributed by atoms with E-state index in [0.29, 0.717) is 40.4 Å². The first-order valence-electron chi connectivity index (χ1n) is 9.35. The van der Waals surface area contributed by atoms with Gasteiger partial charge in [0.05, 0.1) is 18.1 Å². The average Bonchev–Trinajstić information content (AvgIpc) is 3.25. The molecule has 0 fully saturated rings. The van der Waals surface area contributed by atoms with Crippen LogP contribution in [0.3, 0.4) is 0 Å². The van der Waals surface area contributed by atoms with E-state index in [2.05, 4.69) is 15.3 Å². The van der Waals surface area contributed by atoms with Crippen LogP contribution in [-0.2, 0) is 11.2 Å². The first kappa shape index (κ1) is 19.7. The van der Waals surface area contributed by atoms with Crippen LogP contribution in [-0.4, -0.2) is 15.9 Å². The lowest BCUT2D eigenvalue weighted by atomic mass is 10.2. The summed E-state index contributed by atoms with van der Waals surface area (Å²) in [6.07, 6.45) is 3.87. The number of pyridine rings is 1. The van der Waals surface area contributed by atoms with Crippen molar-refractivity contribution in [2.24, 2.45) is 0 Å². The number of ether oxygens (including phenoxy) is 1. The van der Waals surface area contributed by atoms with Gasteiger partial charge in [0.25, 0.3) is 0 Å². The molecule has 0 unspecified atom stereocenters. The van der Waals surface area contributed by atoms with Crippen LogP contribution in [0.4, 0.5) is 5.69 Å². The minimum atomic E-state index is -0.150. The number of carbonyl (C=O) groups excluding carboxylic acids is 1. The van der Waals surface area contributed by atoms with E-state index in [4.69, 9.17) is 20.8 Å². The maximum Gasteiger partial charge on any atom is 0.224 e. The van der Waals surface area contributed by atoms with E-state index in [9.17, 15) is 4.79 Å². The molecule has 7 heteroatoms. The third-order valence-corrected chi connectivity index (χ3v) is 4.49. The molecule has 4 aromatic rings. The maximum absolute atomic E-state index is 12.2. The molecule has 0 bridgehead atoms. The predicted molar refractivity (Wildman–Crippen MR) is 115 cm³/mol. The van der Waals surface area contributed by atoms with Crippen LogP contribution in [0.2, 0.25) is 5.02 Å². The van der Waals surface area contributed by atoms with Gasteiger partial charge in [0.2, 0.25) is 11.8 Å². The van der Waals surface area contributed by atoms with Crippen LogP contribution >= 0.6 is 11.6 Å². The van der Waals surface area contributed by atoms with E-state index in [0.717, 1.165) is 5.56 Å². The summed E-state index contributed by atoms with van der Waals surface area (Å²) in [5, 5.41) is 3.44. The molecule has 0 radical (unpaired) electrons. The van der Waals surface area contributed by atoms with Gasteiger partial charge in [-0.1, -0.05) is 41.9 Å². The van der Waals surface area contributed by atoms with Gasteiger partial charge in [-0.3, -0.25) is 4.79 Å². The summed E-state index contributed by atoms with van der Waals surface area (Å²) in [6.45, 7) is 0. The Labute approximate surface area is 178 Å². The summed E-state index contributed by atoms with van der Waals surface area (Å²) >= 11 is 5.86. The van der Waals surface area contributed by atoms with Gasteiger partial charge in [-0.15, -0.1) is 0 Å². The Morgan fingerprint density at radius 2 is 1.77 bits per heavy atom. The highest BCUT2D eigenvalue weighted by molar-refractivity contribution is 6.30. The Hall–Kier alpha value is -3.64. The lowest BCUT2D eigenvalue weighted by Crippen LogP contribution is -2.12. The zero-order valence-corrected chi connectivity index (χ0v) is 16.7. The fraction of sp³-hybridized carbons (Fsp3) is 0.0870. The van der Waals surface area contributed by atoms with Gasteiger partial charge in [0.1, 0.15) is 5.75 Å². The maximum atomic E-state index is 12.2. The summed E-state index contributed by atoms with van der Waals surface area (Å²) in [4.78, 5) is 20.7. The highest BCUT2D eigenvalue weighted by Crippen LogP contribution is 2.23. The number of benzene rings is 2. The van der Waals surface area contributed by atoms with Crippen molar-refractivity contribution >= 4 is 23.2 Å². The fourth-order valence-corrected chi connectivity index (χ4v) is 2.87. The van der Waals surface area contributed by atoms with Crippen molar-refractivity contribution < 1.29 is 13.9 Å². The second-order valence-electron chi connectivity index (χ2n) is 6.47. The smallest absolute Gasteiger partial charge is 0.224 e. The number of aryl methyl sites for hydroxylation is 1. The number of hydrogen-bond acceptors (Lipinski definition) is 5. The minimum Gasteiger partial charge on any atom is -0.441 e.